The number of hydrogen-bond acceptors (Lipinski definition) is 3. The van der Waals surface area contributed by atoms with Crippen molar-refractivity contribution in [1.29, 1.82) is 0 Å². The van der Waals surface area contributed by atoms with Crippen LogP contribution in [0.15, 0.2) is 48.1 Å². The Morgan fingerprint density at radius 2 is 2.06 bits per heavy atom. The Bertz CT molecular complexity index is 449. The predicted octanol–water partition coefficient (Wildman–Crippen LogP) is 2.97. The molecule has 1 N–H and O–H groups in total. The zero-order valence-corrected chi connectivity index (χ0v) is 10.9. The number of carbonyl (C=O) groups excluding carboxylic acids is 1. The minimum absolute atomic E-state index is 0.0754. The largest absolute Gasteiger partial charge is 0.507 e. The van der Waals surface area contributed by atoms with Crippen molar-refractivity contribution in [2.24, 2.45) is 0 Å². The lowest BCUT2D eigenvalue weighted by Crippen LogP contribution is -2.05. The van der Waals surface area contributed by atoms with Gasteiger partial charge in [0, 0.05) is 12.7 Å². The first-order valence-corrected chi connectivity index (χ1v) is 5.97. The highest BCUT2D eigenvalue weighted by Crippen LogP contribution is 2.18. The second kappa shape index (κ2) is 7.69. The van der Waals surface area contributed by atoms with Gasteiger partial charge in [0.15, 0.2) is 5.78 Å². The molecule has 0 aliphatic carbocycles. The molecule has 0 aliphatic heterocycles. The third kappa shape index (κ3) is 4.02. The van der Waals surface area contributed by atoms with Crippen molar-refractivity contribution in [3.8, 4) is 0 Å². The van der Waals surface area contributed by atoms with Crippen molar-refractivity contribution < 1.29 is 14.6 Å². The molecule has 4 heteroatoms. The van der Waals surface area contributed by atoms with E-state index in [1.54, 1.807) is 37.5 Å². The SMILES string of the molecule is COC/C=C\C(C(=O)CCl)=C(O)c1ccccc1. The van der Waals surface area contributed by atoms with E-state index in [4.69, 9.17) is 16.3 Å². The summed E-state index contributed by atoms with van der Waals surface area (Å²) < 4.78 is 4.86. The average molecular weight is 267 g/mol. The lowest BCUT2D eigenvalue weighted by molar-refractivity contribution is -0.113. The number of methoxy groups -OCH3 is 1. The third-order valence-corrected chi connectivity index (χ3v) is 2.51. The molecular weight excluding hydrogens is 252 g/mol. The van der Waals surface area contributed by atoms with Crippen LogP contribution in [0.3, 0.4) is 0 Å². The Hall–Kier alpha value is -1.58. The van der Waals surface area contributed by atoms with Crippen LogP contribution in [0.5, 0.6) is 0 Å². The molecule has 0 bridgehead atoms. The zero-order chi connectivity index (χ0) is 13.4. The maximum Gasteiger partial charge on any atom is 0.181 e. The molecule has 1 aromatic carbocycles. The van der Waals surface area contributed by atoms with E-state index >= 15 is 0 Å². The number of carbonyl (C=O) groups is 1. The maximum absolute atomic E-state index is 11.7. The maximum atomic E-state index is 11.7. The number of Topliss-reactive ketones (excluding diaryl/α,β-unsaturated/α-hetero) is 1. The van der Waals surface area contributed by atoms with Gasteiger partial charge in [0.05, 0.1) is 18.1 Å². The molecule has 96 valence electrons. The van der Waals surface area contributed by atoms with Crippen LogP contribution in [-0.4, -0.2) is 30.5 Å². The van der Waals surface area contributed by atoms with E-state index in [-0.39, 0.29) is 23.0 Å². The van der Waals surface area contributed by atoms with Gasteiger partial charge in [-0.3, -0.25) is 4.79 Å². The first kappa shape index (κ1) is 14.5. The quantitative estimate of drug-likeness (QED) is 0.373. The molecule has 0 saturated carbocycles. The van der Waals surface area contributed by atoms with Crippen LogP contribution in [-0.2, 0) is 9.53 Å². The monoisotopic (exact) mass is 266 g/mol. The first-order valence-electron chi connectivity index (χ1n) is 5.44. The van der Waals surface area contributed by atoms with Gasteiger partial charge in [-0.25, -0.2) is 0 Å². The van der Waals surface area contributed by atoms with Crippen molar-refractivity contribution in [2.45, 2.75) is 0 Å². The Labute approximate surface area is 111 Å². The molecule has 18 heavy (non-hydrogen) atoms. The average Bonchev–Trinajstić information content (AvgIpc) is 2.43. The molecule has 0 unspecified atom stereocenters. The van der Waals surface area contributed by atoms with Crippen LogP contribution in [0.1, 0.15) is 5.56 Å². The van der Waals surface area contributed by atoms with Gasteiger partial charge in [0.2, 0.25) is 0 Å². The molecule has 1 aromatic rings. The van der Waals surface area contributed by atoms with Crippen LogP contribution < -0.4 is 0 Å². The van der Waals surface area contributed by atoms with Gasteiger partial charge in [-0.2, -0.15) is 0 Å². The van der Waals surface area contributed by atoms with E-state index in [2.05, 4.69) is 0 Å². The van der Waals surface area contributed by atoms with Crippen LogP contribution in [0.25, 0.3) is 5.76 Å². The van der Waals surface area contributed by atoms with E-state index in [9.17, 15) is 9.90 Å². The molecule has 0 atom stereocenters. The van der Waals surface area contributed by atoms with Crippen molar-refractivity contribution in [3.05, 3.63) is 53.6 Å². The number of hydrogen-bond donors (Lipinski definition) is 1. The van der Waals surface area contributed by atoms with Gasteiger partial charge in [-0.05, 0) is 6.08 Å². The van der Waals surface area contributed by atoms with Crippen LogP contribution in [0.4, 0.5) is 0 Å². The van der Waals surface area contributed by atoms with Crippen molar-refractivity contribution in [1.82, 2.24) is 0 Å². The van der Waals surface area contributed by atoms with E-state index < -0.39 is 0 Å². The molecule has 0 radical (unpaired) electrons. The third-order valence-electron chi connectivity index (χ3n) is 2.27. The topological polar surface area (TPSA) is 46.5 Å². The Balaban J connectivity index is 3.11. The molecular formula is C14H15ClO3. The molecule has 0 aromatic heterocycles. The summed E-state index contributed by atoms with van der Waals surface area (Å²) in [5.74, 6) is -0.581. The van der Waals surface area contributed by atoms with Gasteiger partial charge >= 0.3 is 0 Å². The highest BCUT2D eigenvalue weighted by Gasteiger charge is 2.12. The van der Waals surface area contributed by atoms with E-state index in [0.29, 0.717) is 12.2 Å². The van der Waals surface area contributed by atoms with Gasteiger partial charge in [-0.15, -0.1) is 11.6 Å². The molecule has 0 amide bonds. The molecule has 0 saturated heterocycles. The minimum Gasteiger partial charge on any atom is -0.507 e. The molecule has 0 spiro atoms. The first-order chi connectivity index (χ1) is 8.70. The predicted molar refractivity (Wildman–Crippen MR) is 72.7 cm³/mol. The Morgan fingerprint density at radius 3 is 2.61 bits per heavy atom. The summed E-state index contributed by atoms with van der Waals surface area (Å²) in [5, 5.41) is 10.1. The van der Waals surface area contributed by atoms with Gasteiger partial charge in [0.25, 0.3) is 0 Å². The smallest absolute Gasteiger partial charge is 0.181 e. The summed E-state index contributed by atoms with van der Waals surface area (Å²) in [5.41, 5.74) is 0.765. The summed E-state index contributed by atoms with van der Waals surface area (Å²) in [6, 6.07) is 8.85. The fourth-order valence-corrected chi connectivity index (χ4v) is 1.53. The number of alkyl halides is 1. The van der Waals surface area contributed by atoms with Crippen LogP contribution in [0.2, 0.25) is 0 Å². The molecule has 1 rings (SSSR count). The number of aliphatic hydroxyl groups excluding tert-OH is 1. The lowest BCUT2D eigenvalue weighted by atomic mass is 10.1. The molecule has 0 heterocycles. The summed E-state index contributed by atoms with van der Waals surface area (Å²) in [4.78, 5) is 11.7. The van der Waals surface area contributed by atoms with Gasteiger partial charge in [-0.1, -0.05) is 36.4 Å². The minimum atomic E-state index is -0.328. The van der Waals surface area contributed by atoms with Crippen molar-refractivity contribution >= 4 is 23.1 Å². The van der Waals surface area contributed by atoms with Gasteiger partial charge in [0.1, 0.15) is 5.76 Å². The van der Waals surface area contributed by atoms with Gasteiger partial charge < -0.3 is 9.84 Å². The van der Waals surface area contributed by atoms with E-state index in [1.165, 1.54) is 6.08 Å². The zero-order valence-electron chi connectivity index (χ0n) is 10.1. The summed E-state index contributed by atoms with van der Waals surface area (Å²) in [6.45, 7) is 0.362. The highest BCUT2D eigenvalue weighted by atomic mass is 35.5. The van der Waals surface area contributed by atoms with E-state index in [0.717, 1.165) is 0 Å². The number of aliphatic hydroxyl groups is 1. The number of allylic oxidation sites excluding steroid dienone is 2. The number of ketones is 1. The van der Waals surface area contributed by atoms with Crippen molar-refractivity contribution in [2.75, 3.05) is 19.6 Å². The lowest BCUT2D eigenvalue weighted by Gasteiger charge is -2.05. The Morgan fingerprint density at radius 1 is 1.39 bits per heavy atom. The second-order valence-electron chi connectivity index (χ2n) is 3.54. The number of rotatable bonds is 6. The fourth-order valence-electron chi connectivity index (χ4n) is 1.39. The molecule has 0 fully saturated rings. The highest BCUT2D eigenvalue weighted by molar-refractivity contribution is 6.31. The molecule has 3 nitrogen and oxygen atoms in total. The number of ether oxygens (including phenoxy) is 1. The normalized spacial score (nSPS) is 12.6. The summed E-state index contributed by atoms with van der Waals surface area (Å²) in [6.07, 6.45) is 3.18. The number of benzene rings is 1. The number of halogens is 1. The van der Waals surface area contributed by atoms with Crippen molar-refractivity contribution in [3.63, 3.8) is 0 Å². The summed E-state index contributed by atoms with van der Waals surface area (Å²) in [7, 11) is 1.55. The molecule has 0 aliphatic rings. The fraction of sp³-hybridized carbons (Fsp3) is 0.214. The van der Waals surface area contributed by atoms with Crippen LogP contribution >= 0.6 is 11.6 Å². The summed E-state index contributed by atoms with van der Waals surface area (Å²) >= 11 is 5.53. The second-order valence-corrected chi connectivity index (χ2v) is 3.81. The van der Waals surface area contributed by atoms with Crippen LogP contribution in [0, 0.1) is 0 Å². The van der Waals surface area contributed by atoms with E-state index in [1.807, 2.05) is 6.07 Å². The standard InChI is InChI=1S/C14H15ClO3/c1-18-9-5-8-12(13(16)10-15)14(17)11-6-3-2-4-7-11/h2-8,17H,9-10H2,1H3/b8-5-,14-12?. The Kier molecular flexibility index (Phi) is 6.19.